The first kappa shape index (κ1) is 14.9. The summed E-state index contributed by atoms with van der Waals surface area (Å²) in [5, 5.41) is 9.41. The van der Waals surface area contributed by atoms with Crippen molar-refractivity contribution in [2.45, 2.75) is 0 Å². The molecule has 2 heterocycles. The smallest absolute Gasteiger partial charge is 0.323 e. The van der Waals surface area contributed by atoms with Crippen molar-refractivity contribution in [1.82, 2.24) is 15.0 Å². The van der Waals surface area contributed by atoms with Gasteiger partial charge in [0.15, 0.2) is 11.6 Å². The molecule has 0 saturated heterocycles. The number of phenols is 1. The van der Waals surface area contributed by atoms with E-state index in [1.807, 2.05) is 12.1 Å². The normalized spacial score (nSPS) is 10.9. The highest BCUT2D eigenvalue weighted by Crippen LogP contribution is 2.28. The van der Waals surface area contributed by atoms with Crippen LogP contribution in [-0.4, -0.2) is 20.1 Å². The summed E-state index contributed by atoms with van der Waals surface area (Å²) < 4.78 is 18.7. The lowest BCUT2D eigenvalue weighted by Gasteiger charge is -2.07. The van der Waals surface area contributed by atoms with E-state index in [1.165, 1.54) is 12.1 Å². The standard InChI is InChI=1S/C18H12FN3O3/c19-12-6-5-11(9-16(12)23)25-17-3-1-2-13(20-17)10-4-7-14-15(8-10)22-18(24)21-14/h1-9,23H,(H2,21,22,24). The Morgan fingerprint density at radius 2 is 1.84 bits per heavy atom. The number of hydrogen-bond donors (Lipinski definition) is 3. The Balaban J connectivity index is 1.67. The fraction of sp³-hybridized carbons (Fsp3) is 0. The minimum Gasteiger partial charge on any atom is -0.505 e. The molecule has 0 unspecified atom stereocenters. The van der Waals surface area contributed by atoms with Crippen molar-refractivity contribution in [3.05, 3.63) is 70.9 Å². The van der Waals surface area contributed by atoms with E-state index in [4.69, 9.17) is 4.74 Å². The maximum Gasteiger partial charge on any atom is 0.323 e. The highest BCUT2D eigenvalue weighted by atomic mass is 19.1. The molecule has 0 aliphatic carbocycles. The molecule has 0 radical (unpaired) electrons. The van der Waals surface area contributed by atoms with E-state index in [-0.39, 0.29) is 11.4 Å². The number of ether oxygens (including phenoxy) is 1. The van der Waals surface area contributed by atoms with Gasteiger partial charge in [0.2, 0.25) is 5.88 Å². The monoisotopic (exact) mass is 337 g/mol. The molecule has 2 aromatic heterocycles. The van der Waals surface area contributed by atoms with Crippen LogP contribution < -0.4 is 10.4 Å². The molecular weight excluding hydrogens is 325 g/mol. The summed E-state index contributed by atoms with van der Waals surface area (Å²) in [6.45, 7) is 0. The minimum absolute atomic E-state index is 0.270. The molecule has 2 aromatic carbocycles. The van der Waals surface area contributed by atoms with Crippen LogP contribution >= 0.6 is 0 Å². The second-order valence-corrected chi connectivity index (χ2v) is 5.42. The molecule has 0 bridgehead atoms. The quantitative estimate of drug-likeness (QED) is 0.533. The molecule has 6 nitrogen and oxygen atoms in total. The zero-order valence-electron chi connectivity index (χ0n) is 12.8. The Morgan fingerprint density at radius 3 is 2.68 bits per heavy atom. The van der Waals surface area contributed by atoms with E-state index in [9.17, 15) is 14.3 Å². The van der Waals surface area contributed by atoms with E-state index in [0.717, 1.165) is 11.6 Å². The van der Waals surface area contributed by atoms with Crippen LogP contribution in [0.1, 0.15) is 0 Å². The Labute approximate surface area is 140 Å². The Bertz CT molecular complexity index is 1130. The van der Waals surface area contributed by atoms with Gasteiger partial charge < -0.3 is 19.8 Å². The number of nitrogens with one attached hydrogen (secondary N) is 2. The molecule has 25 heavy (non-hydrogen) atoms. The molecule has 3 N–H and O–H groups in total. The van der Waals surface area contributed by atoms with Gasteiger partial charge in [0.05, 0.1) is 16.7 Å². The number of benzene rings is 2. The SMILES string of the molecule is O=c1[nH]c2ccc(-c3cccc(Oc4ccc(F)c(O)c4)n3)cc2[nH]1. The van der Waals surface area contributed by atoms with Gasteiger partial charge in [-0.1, -0.05) is 12.1 Å². The molecular formula is C18H12FN3O3. The number of hydrogen-bond acceptors (Lipinski definition) is 4. The summed E-state index contributed by atoms with van der Waals surface area (Å²) in [7, 11) is 0. The number of halogens is 1. The zero-order chi connectivity index (χ0) is 17.4. The van der Waals surface area contributed by atoms with Gasteiger partial charge in [-0.25, -0.2) is 14.2 Å². The lowest BCUT2D eigenvalue weighted by atomic mass is 10.1. The van der Waals surface area contributed by atoms with E-state index in [1.54, 1.807) is 24.3 Å². The third-order valence-electron chi connectivity index (χ3n) is 3.68. The molecule has 7 heteroatoms. The van der Waals surface area contributed by atoms with Gasteiger partial charge in [-0.15, -0.1) is 0 Å². The lowest BCUT2D eigenvalue weighted by molar-refractivity contribution is 0.418. The van der Waals surface area contributed by atoms with E-state index < -0.39 is 11.6 Å². The third-order valence-corrected chi connectivity index (χ3v) is 3.68. The van der Waals surface area contributed by atoms with Crippen LogP contribution in [0.4, 0.5) is 4.39 Å². The zero-order valence-corrected chi connectivity index (χ0v) is 12.8. The molecule has 0 fully saturated rings. The fourth-order valence-electron chi connectivity index (χ4n) is 2.50. The van der Waals surface area contributed by atoms with Gasteiger partial charge in [-0.2, -0.15) is 0 Å². The van der Waals surface area contributed by atoms with Crippen molar-refractivity contribution >= 4 is 11.0 Å². The molecule has 0 spiro atoms. The predicted octanol–water partition coefficient (Wildman–Crippen LogP) is 3.56. The minimum atomic E-state index is -0.720. The summed E-state index contributed by atoms with van der Waals surface area (Å²) in [5.41, 5.74) is 2.57. The molecule has 124 valence electrons. The first-order valence-corrected chi connectivity index (χ1v) is 7.44. The number of aromatic nitrogens is 3. The predicted molar refractivity (Wildman–Crippen MR) is 90.3 cm³/mol. The Kier molecular flexibility index (Phi) is 3.46. The van der Waals surface area contributed by atoms with Gasteiger partial charge in [0.1, 0.15) is 5.75 Å². The largest absolute Gasteiger partial charge is 0.505 e. The Morgan fingerprint density at radius 1 is 1.00 bits per heavy atom. The molecule has 0 aliphatic rings. The summed E-state index contributed by atoms with van der Waals surface area (Å²) in [6.07, 6.45) is 0. The van der Waals surface area contributed by atoms with Crippen molar-refractivity contribution < 1.29 is 14.2 Å². The van der Waals surface area contributed by atoms with Crippen LogP contribution in [0.25, 0.3) is 22.3 Å². The summed E-state index contributed by atoms with van der Waals surface area (Å²) in [6, 6.07) is 14.4. The number of nitrogens with zero attached hydrogens (tertiary/aromatic N) is 1. The van der Waals surface area contributed by atoms with Gasteiger partial charge in [-0.3, -0.25) is 0 Å². The first-order valence-electron chi connectivity index (χ1n) is 7.44. The average molecular weight is 337 g/mol. The fourth-order valence-corrected chi connectivity index (χ4v) is 2.50. The number of imidazole rings is 1. The van der Waals surface area contributed by atoms with Crippen LogP contribution in [-0.2, 0) is 0 Å². The van der Waals surface area contributed by atoms with Gasteiger partial charge >= 0.3 is 5.69 Å². The number of rotatable bonds is 3. The maximum atomic E-state index is 13.1. The Hall–Kier alpha value is -3.61. The van der Waals surface area contributed by atoms with Gasteiger partial charge in [0.25, 0.3) is 0 Å². The van der Waals surface area contributed by atoms with E-state index in [0.29, 0.717) is 22.6 Å². The number of pyridine rings is 1. The second kappa shape index (κ2) is 5.79. The molecule has 0 amide bonds. The molecule has 0 saturated carbocycles. The van der Waals surface area contributed by atoms with Gasteiger partial charge in [-0.05, 0) is 30.3 Å². The number of aromatic amines is 2. The van der Waals surface area contributed by atoms with Crippen molar-refractivity contribution in [3.63, 3.8) is 0 Å². The summed E-state index contributed by atoms with van der Waals surface area (Å²) in [5.74, 6) is -0.640. The van der Waals surface area contributed by atoms with E-state index >= 15 is 0 Å². The highest BCUT2D eigenvalue weighted by Gasteiger charge is 2.07. The number of H-pyrrole nitrogens is 2. The topological polar surface area (TPSA) is 91.0 Å². The van der Waals surface area contributed by atoms with Crippen LogP contribution in [0.5, 0.6) is 17.4 Å². The van der Waals surface area contributed by atoms with Crippen LogP contribution in [0, 0.1) is 5.82 Å². The van der Waals surface area contributed by atoms with E-state index in [2.05, 4.69) is 15.0 Å². The number of aromatic hydroxyl groups is 1. The summed E-state index contributed by atoms with van der Waals surface area (Å²) >= 11 is 0. The van der Waals surface area contributed by atoms with Crippen molar-refractivity contribution in [2.75, 3.05) is 0 Å². The van der Waals surface area contributed by atoms with Crippen LogP contribution in [0.2, 0.25) is 0 Å². The molecule has 0 atom stereocenters. The number of fused-ring (bicyclic) bond motifs is 1. The van der Waals surface area contributed by atoms with Crippen LogP contribution in [0.15, 0.2) is 59.4 Å². The molecule has 4 aromatic rings. The maximum absolute atomic E-state index is 13.1. The average Bonchev–Trinajstić information content (AvgIpc) is 2.97. The molecule has 4 rings (SSSR count). The number of phenolic OH excluding ortho intramolecular Hbond substituents is 1. The van der Waals surface area contributed by atoms with Crippen molar-refractivity contribution in [1.29, 1.82) is 0 Å². The first-order chi connectivity index (χ1) is 12.1. The second-order valence-electron chi connectivity index (χ2n) is 5.42. The van der Waals surface area contributed by atoms with Crippen LogP contribution in [0.3, 0.4) is 0 Å². The van der Waals surface area contributed by atoms with Crippen molar-refractivity contribution in [3.8, 4) is 28.6 Å². The summed E-state index contributed by atoms with van der Waals surface area (Å²) in [4.78, 5) is 21.1. The van der Waals surface area contributed by atoms with Crippen molar-refractivity contribution in [2.24, 2.45) is 0 Å². The third kappa shape index (κ3) is 2.94. The lowest BCUT2D eigenvalue weighted by Crippen LogP contribution is -1.99. The highest BCUT2D eigenvalue weighted by molar-refractivity contribution is 5.80. The molecule has 0 aliphatic heterocycles. The van der Waals surface area contributed by atoms with Gasteiger partial charge in [0, 0.05) is 17.7 Å².